The number of alkyl halides is 1. The molecule has 0 aliphatic heterocycles. The molecule has 1 unspecified atom stereocenters. The molecule has 0 heterocycles. The van der Waals surface area contributed by atoms with Crippen molar-refractivity contribution in [3.8, 4) is 0 Å². The van der Waals surface area contributed by atoms with Gasteiger partial charge in [0.25, 0.3) is 0 Å². The smallest absolute Gasteiger partial charge is 0.0588 e. The predicted octanol–water partition coefficient (Wildman–Crippen LogP) is 2.59. The lowest BCUT2D eigenvalue weighted by atomic mass is 10.4. The lowest BCUT2D eigenvalue weighted by Crippen LogP contribution is -2.04. The van der Waals surface area contributed by atoms with Crippen LogP contribution in [0.15, 0.2) is 0 Å². The lowest BCUT2D eigenvalue weighted by molar-refractivity contribution is 0.136. The van der Waals surface area contributed by atoms with Gasteiger partial charge in [0.2, 0.25) is 0 Å². The van der Waals surface area contributed by atoms with Crippen LogP contribution in [0.5, 0.6) is 0 Å². The molecule has 1 atom stereocenters. The Bertz CT molecular complexity index is 54.9. The van der Waals surface area contributed by atoms with Crippen molar-refractivity contribution in [3.63, 3.8) is 0 Å². The van der Waals surface area contributed by atoms with Crippen LogP contribution < -0.4 is 0 Å². The molecule has 0 saturated heterocycles. The summed E-state index contributed by atoms with van der Waals surface area (Å²) >= 11 is 3.40. The highest BCUT2D eigenvalue weighted by molar-refractivity contribution is 9.09. The maximum absolute atomic E-state index is 5.29. The largest absolute Gasteiger partial charge is 0.380 e. The van der Waals surface area contributed by atoms with E-state index in [0.717, 1.165) is 13.2 Å². The third-order valence-corrected chi connectivity index (χ3v) is 1.25. The minimum Gasteiger partial charge on any atom is -0.380 e. The minimum absolute atomic E-state index is 0.495. The zero-order valence-electron chi connectivity index (χ0n) is 6.19. The Balaban J connectivity index is 2.75. The lowest BCUT2D eigenvalue weighted by Gasteiger charge is -2.03. The zero-order chi connectivity index (χ0) is 7.11. The molecule has 0 bridgehead atoms. The summed E-state index contributed by atoms with van der Waals surface area (Å²) in [5.41, 5.74) is 0. The average molecular weight is 195 g/mol. The van der Waals surface area contributed by atoms with Gasteiger partial charge in [0.05, 0.1) is 6.61 Å². The van der Waals surface area contributed by atoms with E-state index in [2.05, 4.69) is 29.8 Å². The number of hydrogen-bond acceptors (Lipinski definition) is 1. The Labute approximate surface area is 65.9 Å². The zero-order valence-corrected chi connectivity index (χ0v) is 7.78. The fourth-order valence-electron chi connectivity index (χ4n) is 0.492. The molecule has 0 spiro atoms. The molecule has 56 valence electrons. The van der Waals surface area contributed by atoms with E-state index in [1.165, 1.54) is 12.8 Å². The van der Waals surface area contributed by atoms with E-state index in [1.54, 1.807) is 0 Å². The Morgan fingerprint density at radius 2 is 2.22 bits per heavy atom. The maximum Gasteiger partial charge on any atom is 0.0588 e. The van der Waals surface area contributed by atoms with Gasteiger partial charge >= 0.3 is 0 Å². The number of unbranched alkanes of at least 4 members (excludes halogenated alkanes) is 1. The Morgan fingerprint density at radius 3 is 2.67 bits per heavy atom. The molecule has 1 nitrogen and oxygen atoms in total. The molecule has 0 aromatic heterocycles. The van der Waals surface area contributed by atoms with E-state index in [9.17, 15) is 0 Å². The third-order valence-electron chi connectivity index (χ3n) is 0.990. The van der Waals surface area contributed by atoms with E-state index in [-0.39, 0.29) is 0 Å². The van der Waals surface area contributed by atoms with Gasteiger partial charge in [-0.05, 0) is 6.42 Å². The summed E-state index contributed by atoms with van der Waals surface area (Å²) < 4.78 is 5.29. The molecule has 0 saturated carbocycles. The normalized spacial score (nSPS) is 13.7. The third kappa shape index (κ3) is 8.44. The number of halogens is 1. The van der Waals surface area contributed by atoms with Crippen molar-refractivity contribution in [2.45, 2.75) is 31.5 Å². The summed E-state index contributed by atoms with van der Waals surface area (Å²) in [7, 11) is 0. The minimum atomic E-state index is 0.495. The van der Waals surface area contributed by atoms with Gasteiger partial charge in [-0.15, -0.1) is 0 Å². The molecule has 2 heteroatoms. The van der Waals surface area contributed by atoms with Crippen molar-refractivity contribution in [1.29, 1.82) is 0 Å². The van der Waals surface area contributed by atoms with E-state index < -0.39 is 0 Å². The molecule has 0 aromatic carbocycles. The van der Waals surface area contributed by atoms with Gasteiger partial charge in [-0.3, -0.25) is 0 Å². The molecule has 0 radical (unpaired) electrons. The van der Waals surface area contributed by atoms with Gasteiger partial charge in [-0.2, -0.15) is 0 Å². The first-order chi connectivity index (χ1) is 4.27. The second-order valence-electron chi connectivity index (χ2n) is 2.21. The van der Waals surface area contributed by atoms with Crippen LogP contribution in [0.2, 0.25) is 0 Å². The molecule has 0 aliphatic rings. The quantitative estimate of drug-likeness (QED) is 0.484. The summed E-state index contributed by atoms with van der Waals surface area (Å²) in [5, 5.41) is 0. The molecule has 9 heavy (non-hydrogen) atoms. The molecule has 0 aromatic rings. The number of ether oxygens (including phenoxy) is 1. The van der Waals surface area contributed by atoms with Crippen LogP contribution in [-0.2, 0) is 4.74 Å². The first-order valence-electron chi connectivity index (χ1n) is 3.49. The Morgan fingerprint density at radius 1 is 1.56 bits per heavy atom. The Hall–Kier alpha value is 0.440. The Kier molecular flexibility index (Phi) is 6.88. The summed E-state index contributed by atoms with van der Waals surface area (Å²) in [6, 6.07) is 0. The fourth-order valence-corrected chi connectivity index (χ4v) is 0.679. The van der Waals surface area contributed by atoms with Gasteiger partial charge in [-0.1, -0.05) is 36.2 Å². The van der Waals surface area contributed by atoms with E-state index >= 15 is 0 Å². The number of rotatable bonds is 5. The van der Waals surface area contributed by atoms with Crippen LogP contribution in [0, 0.1) is 0 Å². The molecule has 0 fully saturated rings. The van der Waals surface area contributed by atoms with Gasteiger partial charge in [-0.25, -0.2) is 0 Å². The fraction of sp³-hybridized carbons (Fsp3) is 1.00. The highest BCUT2D eigenvalue weighted by atomic mass is 79.9. The second kappa shape index (κ2) is 6.56. The number of hydrogen-bond donors (Lipinski definition) is 0. The monoisotopic (exact) mass is 194 g/mol. The predicted molar refractivity (Wildman–Crippen MR) is 44.1 cm³/mol. The van der Waals surface area contributed by atoms with Crippen LogP contribution in [0.25, 0.3) is 0 Å². The van der Waals surface area contributed by atoms with Crippen LogP contribution in [0.4, 0.5) is 0 Å². The summed E-state index contributed by atoms with van der Waals surface area (Å²) in [4.78, 5) is 0.495. The SMILES string of the molecule is CCCCOCC(C)Br. The molecule has 0 rings (SSSR count). The molecule has 0 N–H and O–H groups in total. The highest BCUT2D eigenvalue weighted by Gasteiger charge is 1.92. The van der Waals surface area contributed by atoms with E-state index in [4.69, 9.17) is 4.74 Å². The highest BCUT2D eigenvalue weighted by Crippen LogP contribution is 1.98. The van der Waals surface area contributed by atoms with Crippen molar-refractivity contribution in [2.75, 3.05) is 13.2 Å². The standard InChI is InChI=1S/C7H15BrO/c1-3-4-5-9-6-7(2)8/h7H,3-6H2,1-2H3. The first kappa shape index (κ1) is 9.44. The first-order valence-corrected chi connectivity index (χ1v) is 4.40. The summed E-state index contributed by atoms with van der Waals surface area (Å²) in [6.45, 7) is 6.00. The van der Waals surface area contributed by atoms with Crippen LogP contribution >= 0.6 is 15.9 Å². The molecule has 0 amide bonds. The maximum atomic E-state index is 5.29. The van der Waals surface area contributed by atoms with Crippen molar-refractivity contribution in [1.82, 2.24) is 0 Å². The summed E-state index contributed by atoms with van der Waals surface area (Å²) in [6.07, 6.45) is 2.40. The average Bonchev–Trinajstić information content (AvgIpc) is 1.80. The molecular formula is C7H15BrO. The summed E-state index contributed by atoms with van der Waals surface area (Å²) in [5.74, 6) is 0. The van der Waals surface area contributed by atoms with Crippen molar-refractivity contribution in [2.24, 2.45) is 0 Å². The van der Waals surface area contributed by atoms with Crippen LogP contribution in [0.1, 0.15) is 26.7 Å². The van der Waals surface area contributed by atoms with Crippen molar-refractivity contribution >= 4 is 15.9 Å². The van der Waals surface area contributed by atoms with E-state index in [1.807, 2.05) is 0 Å². The second-order valence-corrected chi connectivity index (χ2v) is 3.77. The molecule has 0 aliphatic carbocycles. The van der Waals surface area contributed by atoms with Gasteiger partial charge in [0.1, 0.15) is 0 Å². The van der Waals surface area contributed by atoms with E-state index in [0.29, 0.717) is 4.83 Å². The van der Waals surface area contributed by atoms with Crippen molar-refractivity contribution in [3.05, 3.63) is 0 Å². The topological polar surface area (TPSA) is 9.23 Å². The van der Waals surface area contributed by atoms with Gasteiger partial charge < -0.3 is 4.74 Å². The van der Waals surface area contributed by atoms with Gasteiger partial charge in [0, 0.05) is 11.4 Å². The van der Waals surface area contributed by atoms with Crippen LogP contribution in [0.3, 0.4) is 0 Å². The molecular weight excluding hydrogens is 180 g/mol. The van der Waals surface area contributed by atoms with Gasteiger partial charge in [0.15, 0.2) is 0 Å². The van der Waals surface area contributed by atoms with Crippen molar-refractivity contribution < 1.29 is 4.74 Å². The van der Waals surface area contributed by atoms with Crippen LogP contribution in [-0.4, -0.2) is 18.0 Å².